The van der Waals surface area contributed by atoms with Crippen LogP contribution in [-0.4, -0.2) is 67.9 Å². The normalized spacial score (nSPS) is 15.7. The largest absolute Gasteiger partial charge is 0.352 e. The van der Waals surface area contributed by atoms with E-state index in [0.717, 1.165) is 0 Å². The van der Waals surface area contributed by atoms with Gasteiger partial charge in [-0.2, -0.15) is 4.31 Å². The summed E-state index contributed by atoms with van der Waals surface area (Å²) in [6, 6.07) is 6.59. The van der Waals surface area contributed by atoms with Crippen molar-refractivity contribution in [2.75, 3.05) is 38.5 Å². The van der Waals surface area contributed by atoms with E-state index in [1.807, 2.05) is 0 Å². The van der Waals surface area contributed by atoms with E-state index in [2.05, 4.69) is 5.32 Å². The number of carbonyl (C=O) groups is 2. The molecule has 26 heavy (non-hydrogen) atoms. The number of hydrogen-bond donors (Lipinski definition) is 1. The van der Waals surface area contributed by atoms with Crippen LogP contribution in [-0.2, 0) is 14.8 Å². The molecular weight excluding hydrogens is 378 g/mol. The number of halogens is 1. The summed E-state index contributed by atoms with van der Waals surface area (Å²) >= 11 is 5.78. The molecule has 2 amide bonds. The van der Waals surface area contributed by atoms with E-state index < -0.39 is 10.0 Å². The van der Waals surface area contributed by atoms with E-state index in [1.165, 1.54) is 4.31 Å². The predicted octanol–water partition coefficient (Wildman–Crippen LogP) is 1.34. The van der Waals surface area contributed by atoms with E-state index in [9.17, 15) is 18.0 Å². The molecular formula is C17H24ClN3O4S. The Bertz CT molecular complexity index is 729. The number of sulfonamides is 1. The van der Waals surface area contributed by atoms with Gasteiger partial charge in [0.25, 0.3) is 5.91 Å². The van der Waals surface area contributed by atoms with Crippen LogP contribution >= 0.6 is 11.6 Å². The van der Waals surface area contributed by atoms with Crippen molar-refractivity contribution in [1.82, 2.24) is 14.5 Å². The molecule has 0 radical (unpaired) electrons. The summed E-state index contributed by atoms with van der Waals surface area (Å²) in [5, 5.41) is 3.34. The summed E-state index contributed by atoms with van der Waals surface area (Å²) in [6.07, 6.45) is 0.854. The van der Waals surface area contributed by atoms with Gasteiger partial charge < -0.3 is 10.2 Å². The summed E-state index contributed by atoms with van der Waals surface area (Å²) in [6.45, 7) is 3.53. The molecule has 1 fully saturated rings. The van der Waals surface area contributed by atoms with Gasteiger partial charge in [-0.3, -0.25) is 9.59 Å². The van der Waals surface area contributed by atoms with E-state index in [-0.39, 0.29) is 17.6 Å². The van der Waals surface area contributed by atoms with Gasteiger partial charge >= 0.3 is 0 Å². The van der Waals surface area contributed by atoms with Gasteiger partial charge in [0, 0.05) is 49.7 Å². The Balaban J connectivity index is 1.68. The van der Waals surface area contributed by atoms with Gasteiger partial charge in [0.15, 0.2) is 0 Å². The minimum Gasteiger partial charge on any atom is -0.352 e. The SMILES string of the molecule is CCS(=O)(=O)N1CCN(C(=O)CCCNC(=O)c2ccc(Cl)cc2)CC1. The minimum absolute atomic E-state index is 0.0145. The van der Waals surface area contributed by atoms with Crippen LogP contribution in [0.4, 0.5) is 0 Å². The van der Waals surface area contributed by atoms with Gasteiger partial charge in [-0.25, -0.2) is 8.42 Å². The van der Waals surface area contributed by atoms with Crippen molar-refractivity contribution >= 4 is 33.4 Å². The quantitative estimate of drug-likeness (QED) is 0.698. The lowest BCUT2D eigenvalue weighted by atomic mass is 10.2. The topological polar surface area (TPSA) is 86.8 Å². The molecule has 9 heteroatoms. The number of carbonyl (C=O) groups excluding carboxylic acids is 2. The molecule has 1 heterocycles. The van der Waals surface area contributed by atoms with Gasteiger partial charge in [-0.05, 0) is 37.6 Å². The lowest BCUT2D eigenvalue weighted by Gasteiger charge is -2.33. The molecule has 1 aromatic carbocycles. The third-order valence-electron chi connectivity index (χ3n) is 4.31. The molecule has 1 N–H and O–H groups in total. The highest BCUT2D eigenvalue weighted by molar-refractivity contribution is 7.89. The lowest BCUT2D eigenvalue weighted by Crippen LogP contribution is -2.50. The second-order valence-corrected chi connectivity index (χ2v) is 8.74. The Hall–Kier alpha value is -1.64. The Kier molecular flexibility index (Phi) is 7.43. The van der Waals surface area contributed by atoms with Crippen molar-refractivity contribution in [1.29, 1.82) is 0 Å². The van der Waals surface area contributed by atoms with Gasteiger partial charge in [-0.15, -0.1) is 0 Å². The molecule has 1 aliphatic rings. The first-order valence-corrected chi connectivity index (χ1v) is 10.6. The maximum atomic E-state index is 12.2. The predicted molar refractivity (Wildman–Crippen MR) is 101 cm³/mol. The number of piperazine rings is 1. The Labute approximate surface area is 159 Å². The third kappa shape index (κ3) is 5.69. The average Bonchev–Trinajstić information content (AvgIpc) is 2.65. The summed E-state index contributed by atoms with van der Waals surface area (Å²) in [5.41, 5.74) is 0.522. The van der Waals surface area contributed by atoms with E-state index >= 15 is 0 Å². The molecule has 0 saturated carbocycles. The van der Waals surface area contributed by atoms with Gasteiger partial charge in [-0.1, -0.05) is 11.6 Å². The van der Waals surface area contributed by atoms with Crippen LogP contribution in [0.15, 0.2) is 24.3 Å². The highest BCUT2D eigenvalue weighted by Crippen LogP contribution is 2.11. The number of benzene rings is 1. The first-order chi connectivity index (χ1) is 12.3. The molecule has 0 unspecified atom stereocenters. The monoisotopic (exact) mass is 401 g/mol. The van der Waals surface area contributed by atoms with E-state index in [4.69, 9.17) is 11.6 Å². The maximum absolute atomic E-state index is 12.2. The molecule has 0 aliphatic carbocycles. The fourth-order valence-corrected chi connectivity index (χ4v) is 3.91. The number of nitrogens with one attached hydrogen (secondary N) is 1. The standard InChI is InChI=1S/C17H24ClN3O4S/c1-2-26(24,25)21-12-10-20(11-13-21)16(22)4-3-9-19-17(23)14-5-7-15(18)8-6-14/h5-8H,2-4,9-13H2,1H3,(H,19,23). The van der Waals surface area contributed by atoms with Crippen LogP contribution in [0.25, 0.3) is 0 Å². The van der Waals surface area contributed by atoms with Crippen LogP contribution in [0.1, 0.15) is 30.1 Å². The molecule has 1 aromatic rings. The number of rotatable bonds is 7. The molecule has 1 saturated heterocycles. The van der Waals surface area contributed by atoms with Crippen molar-refractivity contribution in [2.24, 2.45) is 0 Å². The highest BCUT2D eigenvalue weighted by atomic mass is 35.5. The smallest absolute Gasteiger partial charge is 0.251 e. The first-order valence-electron chi connectivity index (χ1n) is 8.63. The Morgan fingerprint density at radius 1 is 1.12 bits per heavy atom. The fraction of sp³-hybridized carbons (Fsp3) is 0.529. The summed E-state index contributed by atoms with van der Waals surface area (Å²) in [5.74, 6) is -0.138. The van der Waals surface area contributed by atoms with Gasteiger partial charge in [0.05, 0.1) is 5.75 Å². The summed E-state index contributed by atoms with van der Waals surface area (Å²) in [4.78, 5) is 25.8. The van der Waals surface area contributed by atoms with Crippen LogP contribution in [0.3, 0.4) is 0 Å². The fourth-order valence-electron chi connectivity index (χ4n) is 2.70. The molecule has 0 bridgehead atoms. The second kappa shape index (κ2) is 9.34. The zero-order valence-corrected chi connectivity index (χ0v) is 16.4. The zero-order chi connectivity index (χ0) is 19.2. The van der Waals surface area contributed by atoms with Crippen LogP contribution in [0.5, 0.6) is 0 Å². The Morgan fingerprint density at radius 2 is 1.73 bits per heavy atom. The summed E-state index contributed by atoms with van der Waals surface area (Å²) in [7, 11) is -3.19. The van der Waals surface area contributed by atoms with Crippen molar-refractivity contribution in [2.45, 2.75) is 19.8 Å². The van der Waals surface area contributed by atoms with Crippen LogP contribution < -0.4 is 5.32 Å². The summed E-state index contributed by atoms with van der Waals surface area (Å²) < 4.78 is 25.1. The highest BCUT2D eigenvalue weighted by Gasteiger charge is 2.27. The number of hydrogen-bond acceptors (Lipinski definition) is 4. The lowest BCUT2D eigenvalue weighted by molar-refractivity contribution is -0.132. The van der Waals surface area contributed by atoms with Crippen LogP contribution in [0.2, 0.25) is 5.02 Å². The first kappa shape index (κ1) is 20.7. The molecule has 1 aliphatic heterocycles. The maximum Gasteiger partial charge on any atom is 0.251 e. The van der Waals surface area contributed by atoms with Crippen molar-refractivity contribution in [3.8, 4) is 0 Å². The van der Waals surface area contributed by atoms with E-state index in [0.29, 0.717) is 56.2 Å². The third-order valence-corrected chi connectivity index (χ3v) is 6.44. The molecule has 7 nitrogen and oxygen atoms in total. The zero-order valence-electron chi connectivity index (χ0n) is 14.8. The molecule has 0 atom stereocenters. The second-order valence-electron chi connectivity index (χ2n) is 6.05. The molecule has 2 rings (SSSR count). The van der Waals surface area contributed by atoms with Gasteiger partial charge in [0.1, 0.15) is 0 Å². The van der Waals surface area contributed by atoms with Crippen molar-refractivity contribution < 1.29 is 18.0 Å². The molecule has 144 valence electrons. The number of nitrogens with zero attached hydrogens (tertiary/aromatic N) is 2. The minimum atomic E-state index is -3.19. The average molecular weight is 402 g/mol. The molecule has 0 spiro atoms. The van der Waals surface area contributed by atoms with Crippen molar-refractivity contribution in [3.63, 3.8) is 0 Å². The molecule has 0 aromatic heterocycles. The number of amides is 2. The van der Waals surface area contributed by atoms with Gasteiger partial charge in [0.2, 0.25) is 15.9 Å². The van der Waals surface area contributed by atoms with Crippen molar-refractivity contribution in [3.05, 3.63) is 34.9 Å². The van der Waals surface area contributed by atoms with E-state index in [1.54, 1.807) is 36.1 Å². The Morgan fingerprint density at radius 3 is 2.31 bits per heavy atom. The van der Waals surface area contributed by atoms with Crippen LogP contribution in [0, 0.1) is 0 Å².